The van der Waals surface area contributed by atoms with Crippen LogP contribution in [-0.2, 0) is 14.3 Å². The first-order valence-electron chi connectivity index (χ1n) is 18.9. The summed E-state index contributed by atoms with van der Waals surface area (Å²) in [5, 5.41) is 16.5. The first-order chi connectivity index (χ1) is 26.3. The summed E-state index contributed by atoms with van der Waals surface area (Å²) in [6.07, 6.45) is 4.14. The van der Waals surface area contributed by atoms with Gasteiger partial charge in [-0.15, -0.1) is 0 Å². The third kappa shape index (κ3) is 7.74. The number of alkyl carbamates (subject to hydrolysis) is 1. The Morgan fingerprint density at radius 2 is 1.55 bits per heavy atom. The van der Waals surface area contributed by atoms with Crippen LogP contribution in [0, 0.1) is 35.5 Å². The zero-order chi connectivity index (χ0) is 39.1. The number of carboxylic acid groups (broad SMARTS) is 1. The third-order valence-electron chi connectivity index (χ3n) is 11.1. The summed E-state index contributed by atoms with van der Waals surface area (Å²) in [7, 11) is 1.29. The summed E-state index contributed by atoms with van der Waals surface area (Å²) in [6, 6.07) is 10.3. The van der Waals surface area contributed by atoms with Crippen molar-refractivity contribution in [1.82, 2.24) is 40.4 Å². The quantitative estimate of drug-likeness (QED) is 0.137. The number of rotatable bonds is 9. The second kappa shape index (κ2) is 15.1. The van der Waals surface area contributed by atoms with Gasteiger partial charge in [-0.25, -0.2) is 19.6 Å². The third-order valence-corrected chi connectivity index (χ3v) is 11.1. The molecule has 0 radical (unpaired) electrons. The van der Waals surface area contributed by atoms with Crippen LogP contribution in [0.4, 0.5) is 9.59 Å². The van der Waals surface area contributed by atoms with Crippen LogP contribution in [-0.4, -0.2) is 90.6 Å². The number of aromatic nitrogens is 4. The molecule has 5 N–H and O–H groups in total. The molecule has 0 bridgehead atoms. The minimum absolute atomic E-state index is 0.111. The lowest BCUT2D eigenvalue weighted by molar-refractivity contribution is -0.137. The van der Waals surface area contributed by atoms with Gasteiger partial charge in [0.1, 0.15) is 29.4 Å². The number of nitrogens with one attached hydrogen (secondary N) is 4. The molecule has 3 fully saturated rings. The summed E-state index contributed by atoms with van der Waals surface area (Å²) in [6.45, 7) is 10.1. The molecule has 4 amide bonds. The molecule has 4 aromatic rings. The Bertz CT molecular complexity index is 2180. The summed E-state index contributed by atoms with van der Waals surface area (Å²) in [5.74, 6) is 7.81. The summed E-state index contributed by atoms with van der Waals surface area (Å²) in [4.78, 5) is 70.3. The molecule has 7 rings (SSSR count). The van der Waals surface area contributed by atoms with E-state index in [0.717, 1.165) is 46.9 Å². The van der Waals surface area contributed by atoms with Crippen molar-refractivity contribution in [3.05, 3.63) is 71.7 Å². The second-order valence-electron chi connectivity index (χ2n) is 15.8. The van der Waals surface area contributed by atoms with E-state index in [1.165, 1.54) is 7.11 Å². The van der Waals surface area contributed by atoms with Crippen molar-refractivity contribution >= 4 is 34.8 Å². The Labute approximate surface area is 319 Å². The first kappa shape index (κ1) is 37.5. The number of ether oxygens (including phenoxy) is 1. The highest BCUT2D eigenvalue weighted by Crippen LogP contribution is 2.53. The molecule has 0 spiro atoms. The molecule has 7 atom stereocenters. The number of hydrogen-bond acceptors (Lipinski definition) is 7. The maximum absolute atomic E-state index is 13.7. The Balaban J connectivity index is 1.04. The Morgan fingerprint density at radius 3 is 2.27 bits per heavy atom. The Kier molecular flexibility index (Phi) is 10.3. The molecule has 2 unspecified atom stereocenters. The highest BCUT2D eigenvalue weighted by atomic mass is 16.5. The minimum Gasteiger partial charge on any atom is -0.465 e. The molecule has 14 nitrogen and oxygen atoms in total. The highest BCUT2D eigenvalue weighted by molar-refractivity contribution is 5.89. The SMILES string of the molecule is COC(=O)NC(C(=O)N1[C@@H]2C[C@@H]2C[C@H]1c1ncc(C#Cc2ccc3cc(-c4cnc([C@@H]5C[C@H](C)CN5C(=O)C(NC(=O)O)C(C)C)[nH]4)ccc3c2)[nH]1)C(C)C. The Hall–Kier alpha value is -5.84. The van der Waals surface area contributed by atoms with E-state index in [1.807, 2.05) is 62.9 Å². The number of amides is 4. The predicted octanol–water partition coefficient (Wildman–Crippen LogP) is 5.60. The fourth-order valence-corrected chi connectivity index (χ4v) is 8.10. The predicted molar refractivity (Wildman–Crippen MR) is 204 cm³/mol. The van der Waals surface area contributed by atoms with E-state index in [1.54, 1.807) is 17.3 Å². The van der Waals surface area contributed by atoms with Crippen LogP contribution in [0.25, 0.3) is 22.0 Å². The van der Waals surface area contributed by atoms with E-state index in [4.69, 9.17) is 4.74 Å². The number of H-pyrrole nitrogens is 2. The second-order valence-corrected chi connectivity index (χ2v) is 15.8. The lowest BCUT2D eigenvalue weighted by Gasteiger charge is -2.31. The normalized spacial score (nSPS) is 22.6. The number of carbonyl (C=O) groups is 4. The van der Waals surface area contributed by atoms with Gasteiger partial charge in [-0.05, 0) is 77.8 Å². The summed E-state index contributed by atoms with van der Waals surface area (Å²) >= 11 is 0. The zero-order valence-electron chi connectivity index (χ0n) is 31.9. The zero-order valence-corrected chi connectivity index (χ0v) is 31.9. The van der Waals surface area contributed by atoms with Crippen LogP contribution in [0.1, 0.15) is 88.9 Å². The van der Waals surface area contributed by atoms with Crippen LogP contribution in [0.3, 0.4) is 0 Å². The standard InChI is InChI=1S/C41H48N8O6/c1-21(2)34(46-40(52)53)38(50)48-20-23(5)13-32(48)36-43-19-30(45-36)27-11-10-25-14-24(7-9-26(25)15-27)8-12-29-18-42-37(44-29)33-17-28-16-31(28)49(33)39(51)35(22(3)4)47-41(54)55-6/h7,9-11,14-15,18-19,21-23,28,31-35,46H,13,16-17,20H2,1-6H3,(H,42,44)(H,43,45)(H,47,54)(H,52,53)/t23-,28+,31+,32-,33-,34?,35?/m0/s1. The van der Waals surface area contributed by atoms with E-state index < -0.39 is 24.3 Å². The maximum atomic E-state index is 13.7. The number of hydrogen-bond donors (Lipinski definition) is 5. The maximum Gasteiger partial charge on any atom is 0.407 e. The topological polar surface area (TPSA) is 186 Å². The van der Waals surface area contributed by atoms with Crippen molar-refractivity contribution in [2.75, 3.05) is 13.7 Å². The van der Waals surface area contributed by atoms with E-state index in [-0.39, 0.29) is 47.7 Å². The fraction of sp³-hybridized carbons (Fsp3) is 0.463. The number of piperidine rings is 1. The van der Waals surface area contributed by atoms with Gasteiger partial charge >= 0.3 is 12.2 Å². The van der Waals surface area contributed by atoms with Crippen LogP contribution in [0.5, 0.6) is 0 Å². The van der Waals surface area contributed by atoms with E-state index >= 15 is 0 Å². The van der Waals surface area contributed by atoms with Crippen molar-refractivity contribution < 1.29 is 29.0 Å². The van der Waals surface area contributed by atoms with Gasteiger partial charge in [0.15, 0.2) is 0 Å². The molecule has 2 aromatic carbocycles. The molecule has 4 heterocycles. The number of carbonyl (C=O) groups excluding carboxylic acids is 3. The van der Waals surface area contributed by atoms with Gasteiger partial charge in [0, 0.05) is 23.7 Å². The molecule has 2 aliphatic heterocycles. The molecule has 3 aliphatic rings. The molecule has 14 heteroatoms. The van der Waals surface area contributed by atoms with Gasteiger partial charge in [-0.3, -0.25) is 9.59 Å². The van der Waals surface area contributed by atoms with Crippen LogP contribution in [0.2, 0.25) is 0 Å². The van der Waals surface area contributed by atoms with Crippen molar-refractivity contribution in [2.24, 2.45) is 23.7 Å². The van der Waals surface area contributed by atoms with Gasteiger partial charge in [0.2, 0.25) is 11.8 Å². The molecule has 288 valence electrons. The van der Waals surface area contributed by atoms with Crippen LogP contribution < -0.4 is 10.6 Å². The molecule has 1 saturated carbocycles. The lowest BCUT2D eigenvalue weighted by atomic mass is 10.0. The smallest absolute Gasteiger partial charge is 0.407 e. The summed E-state index contributed by atoms with van der Waals surface area (Å²) < 4.78 is 4.77. The van der Waals surface area contributed by atoms with Crippen LogP contribution in [0.15, 0.2) is 48.8 Å². The number of imidazole rings is 2. The summed E-state index contributed by atoms with van der Waals surface area (Å²) in [5.41, 5.74) is 3.26. The average molecular weight is 749 g/mol. The van der Waals surface area contributed by atoms with Gasteiger partial charge in [0.25, 0.3) is 0 Å². The molecule has 1 aliphatic carbocycles. The minimum atomic E-state index is -1.22. The van der Waals surface area contributed by atoms with E-state index in [9.17, 15) is 24.3 Å². The van der Waals surface area contributed by atoms with Crippen molar-refractivity contribution in [1.29, 1.82) is 0 Å². The van der Waals surface area contributed by atoms with Crippen LogP contribution >= 0.6 is 0 Å². The number of likely N-dealkylation sites (tertiary alicyclic amines) is 2. The lowest BCUT2D eigenvalue weighted by Crippen LogP contribution is -2.52. The monoisotopic (exact) mass is 748 g/mol. The first-order valence-corrected chi connectivity index (χ1v) is 18.9. The Morgan fingerprint density at radius 1 is 0.855 bits per heavy atom. The molecular formula is C41H48N8O6. The van der Waals surface area contributed by atoms with Crippen molar-refractivity contribution in [3.8, 4) is 23.1 Å². The van der Waals surface area contributed by atoms with Gasteiger partial charge in [0.05, 0.1) is 37.3 Å². The fourth-order valence-electron chi connectivity index (χ4n) is 8.10. The van der Waals surface area contributed by atoms with Gasteiger partial charge in [-0.1, -0.05) is 58.7 Å². The number of fused-ring (bicyclic) bond motifs is 2. The van der Waals surface area contributed by atoms with E-state index in [0.29, 0.717) is 29.8 Å². The number of methoxy groups -OCH3 is 1. The molecule has 55 heavy (non-hydrogen) atoms. The average Bonchev–Trinajstić information content (AvgIpc) is 3.63. The molecular weight excluding hydrogens is 701 g/mol. The number of nitrogens with zero attached hydrogens (tertiary/aromatic N) is 4. The van der Waals surface area contributed by atoms with E-state index in [2.05, 4.69) is 55.4 Å². The molecule has 2 saturated heterocycles. The van der Waals surface area contributed by atoms with Gasteiger partial charge in [-0.2, -0.15) is 0 Å². The largest absolute Gasteiger partial charge is 0.465 e. The van der Waals surface area contributed by atoms with Crippen molar-refractivity contribution in [2.45, 2.75) is 84.1 Å². The number of benzene rings is 2. The molecule has 2 aromatic heterocycles. The van der Waals surface area contributed by atoms with Crippen molar-refractivity contribution in [3.63, 3.8) is 0 Å². The highest BCUT2D eigenvalue weighted by Gasteiger charge is 2.56. The van der Waals surface area contributed by atoms with Gasteiger partial charge < -0.3 is 40.2 Å². The number of aromatic amines is 2.